The van der Waals surface area contributed by atoms with Crippen molar-refractivity contribution in [2.24, 2.45) is 4.99 Å². The van der Waals surface area contributed by atoms with Crippen LogP contribution in [0.15, 0.2) is 39.6 Å². The number of carbonyl (C=O) groups excluding carboxylic acids is 2. The fraction of sp³-hybridized carbons (Fsp3) is 0.400. The summed E-state index contributed by atoms with van der Waals surface area (Å²) in [5.74, 6) is 0.492. The SMILES string of the molecule is O=C(O)CCC(=O)N1CCN(C=C=C=NC(=O)[C@H](O)Cc2ccc(O)c(Br)c2)CC1. The number of aromatic hydroxyl groups is 1. The van der Waals surface area contributed by atoms with Crippen molar-refractivity contribution >= 4 is 39.6 Å². The van der Waals surface area contributed by atoms with E-state index in [9.17, 15) is 24.6 Å². The van der Waals surface area contributed by atoms with Crippen molar-refractivity contribution in [3.8, 4) is 5.75 Å². The molecule has 10 heteroatoms. The van der Waals surface area contributed by atoms with E-state index in [2.05, 4.69) is 32.5 Å². The lowest BCUT2D eigenvalue weighted by Crippen LogP contribution is -2.46. The summed E-state index contributed by atoms with van der Waals surface area (Å²) in [6.07, 6.45) is 0.0888. The third kappa shape index (κ3) is 7.50. The normalized spacial score (nSPS) is 14.3. The first-order valence-electron chi connectivity index (χ1n) is 9.23. The minimum absolute atomic E-state index is 0.0106. The monoisotopic (exact) mass is 479 g/mol. The number of aliphatic carboxylic acids is 1. The van der Waals surface area contributed by atoms with Gasteiger partial charge in [-0.2, -0.15) is 4.99 Å². The molecule has 0 unspecified atom stereocenters. The van der Waals surface area contributed by atoms with E-state index >= 15 is 0 Å². The molecule has 1 atom stereocenters. The Morgan fingerprint density at radius 3 is 2.53 bits per heavy atom. The van der Waals surface area contributed by atoms with Gasteiger partial charge in [0.25, 0.3) is 5.91 Å². The van der Waals surface area contributed by atoms with Gasteiger partial charge in [-0.15, -0.1) is 0 Å². The Morgan fingerprint density at radius 1 is 1.20 bits per heavy atom. The predicted molar refractivity (Wildman–Crippen MR) is 111 cm³/mol. The second-order valence-corrected chi connectivity index (χ2v) is 7.51. The number of hydrogen-bond donors (Lipinski definition) is 3. The molecule has 0 spiro atoms. The van der Waals surface area contributed by atoms with Crippen LogP contribution in [0.1, 0.15) is 18.4 Å². The van der Waals surface area contributed by atoms with E-state index in [-0.39, 0.29) is 30.9 Å². The molecule has 1 aromatic rings. The zero-order chi connectivity index (χ0) is 22.1. The number of carboxylic acids is 1. The highest BCUT2D eigenvalue weighted by atomic mass is 79.9. The Kier molecular flexibility index (Phi) is 8.83. The molecule has 3 N–H and O–H groups in total. The fourth-order valence-corrected chi connectivity index (χ4v) is 3.17. The first kappa shape index (κ1) is 23.4. The van der Waals surface area contributed by atoms with E-state index in [4.69, 9.17) is 5.11 Å². The van der Waals surface area contributed by atoms with Gasteiger partial charge in [-0.3, -0.25) is 14.4 Å². The van der Waals surface area contributed by atoms with Crippen LogP contribution in [0.4, 0.5) is 0 Å². The molecule has 0 bridgehead atoms. The Bertz CT molecular complexity index is 898. The maximum absolute atomic E-state index is 11.9. The molecule has 1 fully saturated rings. The molecule has 1 saturated heterocycles. The van der Waals surface area contributed by atoms with Gasteiger partial charge in [0.1, 0.15) is 11.9 Å². The number of piperazine rings is 1. The van der Waals surface area contributed by atoms with Crippen molar-refractivity contribution in [3.05, 3.63) is 40.2 Å². The molecule has 160 valence electrons. The molecule has 1 aromatic carbocycles. The molecule has 0 aliphatic carbocycles. The zero-order valence-electron chi connectivity index (χ0n) is 16.1. The number of aliphatic hydroxyl groups excluding tert-OH is 1. The lowest BCUT2D eigenvalue weighted by atomic mass is 10.1. The minimum Gasteiger partial charge on any atom is -0.507 e. The molecule has 9 nitrogen and oxygen atoms in total. The Morgan fingerprint density at radius 2 is 1.90 bits per heavy atom. The standard InChI is InChI=1S/C20H22BrN3O6/c21-15-12-14(2-3-16(15)25)13-17(26)20(30)22-6-1-7-23-8-10-24(11-9-23)18(27)4-5-19(28)29/h2-3,7,12,17,25-26H,4-5,8-11,13H2,(H,28,29)/t17-/m1/s1. The van der Waals surface area contributed by atoms with E-state index in [1.807, 2.05) is 4.90 Å². The quantitative estimate of drug-likeness (QED) is 0.391. The van der Waals surface area contributed by atoms with Crippen LogP contribution in [0, 0.1) is 0 Å². The van der Waals surface area contributed by atoms with Crippen molar-refractivity contribution in [1.82, 2.24) is 9.80 Å². The number of carboxylic acid groups (broad SMARTS) is 1. The third-order valence-electron chi connectivity index (χ3n) is 4.42. The fourth-order valence-electron chi connectivity index (χ4n) is 2.74. The molecule has 0 radical (unpaired) electrons. The first-order valence-corrected chi connectivity index (χ1v) is 10.0. The van der Waals surface area contributed by atoms with Crippen LogP contribution in [0.5, 0.6) is 5.75 Å². The molecule has 1 aliphatic rings. The summed E-state index contributed by atoms with van der Waals surface area (Å²) >= 11 is 3.17. The summed E-state index contributed by atoms with van der Waals surface area (Å²) in [7, 11) is 0. The highest BCUT2D eigenvalue weighted by Gasteiger charge is 2.19. The highest BCUT2D eigenvalue weighted by molar-refractivity contribution is 9.10. The second-order valence-electron chi connectivity index (χ2n) is 6.65. The Labute approximate surface area is 181 Å². The van der Waals surface area contributed by atoms with Gasteiger partial charge in [0, 0.05) is 44.9 Å². The van der Waals surface area contributed by atoms with Gasteiger partial charge in [0.15, 0.2) is 0 Å². The maximum atomic E-state index is 11.9. The summed E-state index contributed by atoms with van der Waals surface area (Å²) in [5, 5.41) is 28.0. The molecular formula is C20H22BrN3O6. The van der Waals surface area contributed by atoms with E-state index in [0.717, 1.165) is 0 Å². The number of amides is 2. The number of benzene rings is 1. The molecule has 1 heterocycles. The van der Waals surface area contributed by atoms with Gasteiger partial charge in [0.2, 0.25) is 5.91 Å². The van der Waals surface area contributed by atoms with Crippen molar-refractivity contribution in [2.75, 3.05) is 26.2 Å². The molecule has 2 rings (SSSR count). The summed E-state index contributed by atoms with van der Waals surface area (Å²) in [6, 6.07) is 4.67. The molecule has 30 heavy (non-hydrogen) atoms. The van der Waals surface area contributed by atoms with Crippen molar-refractivity contribution in [3.63, 3.8) is 0 Å². The number of hydrogen-bond acceptors (Lipinski definition) is 6. The highest BCUT2D eigenvalue weighted by Crippen LogP contribution is 2.24. The number of phenols is 1. The average molecular weight is 480 g/mol. The number of phenolic OH excluding ortho intramolecular Hbond substituents is 1. The van der Waals surface area contributed by atoms with Gasteiger partial charge in [-0.1, -0.05) is 6.07 Å². The molecule has 0 aromatic heterocycles. The number of nitrogens with zero attached hydrogens (tertiary/aromatic N) is 3. The summed E-state index contributed by atoms with van der Waals surface area (Å²) in [5.41, 5.74) is 3.29. The predicted octanol–water partition coefficient (Wildman–Crippen LogP) is 0.932. The van der Waals surface area contributed by atoms with Crippen LogP contribution < -0.4 is 0 Å². The summed E-state index contributed by atoms with van der Waals surface area (Å²) in [6.45, 7) is 2.01. The van der Waals surface area contributed by atoms with Gasteiger partial charge in [-0.25, -0.2) is 0 Å². The van der Waals surface area contributed by atoms with E-state index < -0.39 is 18.0 Å². The Balaban J connectivity index is 1.82. The number of halogens is 1. The van der Waals surface area contributed by atoms with Crippen molar-refractivity contribution < 1.29 is 29.7 Å². The van der Waals surface area contributed by atoms with E-state index in [0.29, 0.717) is 36.2 Å². The van der Waals surface area contributed by atoms with Gasteiger partial charge >= 0.3 is 5.97 Å². The van der Waals surface area contributed by atoms with Crippen LogP contribution in [0.2, 0.25) is 0 Å². The van der Waals surface area contributed by atoms with E-state index in [1.165, 1.54) is 6.07 Å². The smallest absolute Gasteiger partial charge is 0.303 e. The van der Waals surface area contributed by atoms with Gasteiger partial charge in [0.05, 0.1) is 17.1 Å². The first-order chi connectivity index (χ1) is 14.3. The minimum atomic E-state index is -1.34. The molecular weight excluding hydrogens is 458 g/mol. The lowest BCUT2D eigenvalue weighted by molar-refractivity contribution is -0.141. The summed E-state index contributed by atoms with van der Waals surface area (Å²) in [4.78, 5) is 41.3. The molecule has 0 saturated carbocycles. The second kappa shape index (κ2) is 11.3. The summed E-state index contributed by atoms with van der Waals surface area (Å²) < 4.78 is 0.467. The van der Waals surface area contributed by atoms with Crippen LogP contribution >= 0.6 is 15.9 Å². The van der Waals surface area contributed by atoms with Crippen LogP contribution in [0.3, 0.4) is 0 Å². The topological polar surface area (TPSA) is 131 Å². The molecule has 1 aliphatic heterocycles. The van der Waals surface area contributed by atoms with Crippen molar-refractivity contribution in [1.29, 1.82) is 0 Å². The number of aliphatic imine (C=N–C) groups is 1. The van der Waals surface area contributed by atoms with E-state index in [1.54, 1.807) is 23.2 Å². The van der Waals surface area contributed by atoms with Crippen molar-refractivity contribution in [2.45, 2.75) is 25.4 Å². The average Bonchev–Trinajstić information content (AvgIpc) is 2.72. The Hall–Kier alpha value is -2.90. The lowest BCUT2D eigenvalue weighted by Gasteiger charge is -2.33. The number of rotatable bonds is 7. The number of aliphatic hydroxyl groups is 1. The molecule has 2 amide bonds. The largest absolute Gasteiger partial charge is 0.507 e. The zero-order valence-corrected chi connectivity index (χ0v) is 17.7. The number of carbonyl (C=O) groups is 3. The van der Waals surface area contributed by atoms with Crippen LogP contribution in [-0.2, 0) is 20.8 Å². The maximum Gasteiger partial charge on any atom is 0.303 e. The third-order valence-corrected chi connectivity index (χ3v) is 5.06. The van der Waals surface area contributed by atoms with Crippen LogP contribution in [0.25, 0.3) is 0 Å². The van der Waals surface area contributed by atoms with Crippen LogP contribution in [-0.4, -0.2) is 81.1 Å². The van der Waals surface area contributed by atoms with Gasteiger partial charge < -0.3 is 25.1 Å². The van der Waals surface area contributed by atoms with Gasteiger partial charge in [-0.05, 0) is 39.4 Å².